The minimum Gasteiger partial charge on any atom is -0.506 e. The van der Waals surface area contributed by atoms with Gasteiger partial charge in [-0.05, 0) is 25.1 Å². The zero-order valence-electron chi connectivity index (χ0n) is 9.09. The Morgan fingerprint density at radius 3 is 2.36 bits per heavy atom. The fraction of sp³-hybridized carbons (Fsp3) is 0.364. The van der Waals surface area contributed by atoms with Gasteiger partial charge in [-0.15, -0.1) is 0 Å². The third kappa shape index (κ3) is 3.09. The van der Waals surface area contributed by atoms with Crippen molar-refractivity contribution in [3.63, 3.8) is 0 Å². The summed E-state index contributed by atoms with van der Waals surface area (Å²) in [5, 5.41) is 12.0. The van der Waals surface area contributed by atoms with Crippen molar-refractivity contribution < 1.29 is 9.90 Å². The fourth-order valence-corrected chi connectivity index (χ4v) is 0.955. The summed E-state index contributed by atoms with van der Waals surface area (Å²) in [6, 6.07) is 4.72. The second-order valence-corrected chi connectivity index (χ2v) is 2.54. The first-order valence-corrected chi connectivity index (χ1v) is 4.67. The van der Waals surface area contributed by atoms with E-state index in [0.29, 0.717) is 11.3 Å². The van der Waals surface area contributed by atoms with Crippen LogP contribution in [-0.2, 0) is 0 Å². The molecular weight excluding hydrogens is 178 g/mol. The molecule has 0 bridgehead atoms. The highest BCUT2D eigenvalue weighted by Crippen LogP contribution is 2.23. The number of Topliss-reactive ketones (excluding diaryl/α,β-unsaturated/α-hetero) is 1. The molecule has 0 fully saturated rings. The summed E-state index contributed by atoms with van der Waals surface area (Å²) in [6.07, 6.45) is 0. The van der Waals surface area contributed by atoms with E-state index in [2.05, 4.69) is 5.32 Å². The van der Waals surface area contributed by atoms with Gasteiger partial charge in [-0.2, -0.15) is 0 Å². The molecule has 78 valence electrons. The van der Waals surface area contributed by atoms with E-state index in [4.69, 9.17) is 0 Å². The Morgan fingerprint density at radius 2 is 1.93 bits per heavy atom. The number of phenols is 1. The number of carbonyl (C=O) groups is 1. The monoisotopic (exact) mass is 195 g/mol. The summed E-state index contributed by atoms with van der Waals surface area (Å²) < 4.78 is 0. The average molecular weight is 195 g/mol. The lowest BCUT2D eigenvalue weighted by atomic mass is 10.1. The van der Waals surface area contributed by atoms with Crippen molar-refractivity contribution in [2.75, 3.05) is 12.4 Å². The Hall–Kier alpha value is -1.51. The molecule has 3 nitrogen and oxygen atoms in total. The van der Waals surface area contributed by atoms with Crippen molar-refractivity contribution in [3.8, 4) is 5.75 Å². The van der Waals surface area contributed by atoms with Gasteiger partial charge >= 0.3 is 0 Å². The van der Waals surface area contributed by atoms with Gasteiger partial charge in [-0.3, -0.25) is 4.79 Å². The number of carbonyl (C=O) groups excluding carboxylic acids is 1. The van der Waals surface area contributed by atoms with Gasteiger partial charge in [0.15, 0.2) is 5.78 Å². The van der Waals surface area contributed by atoms with Crippen molar-refractivity contribution in [1.29, 1.82) is 0 Å². The Bertz CT molecular complexity index is 308. The van der Waals surface area contributed by atoms with Crippen molar-refractivity contribution in [3.05, 3.63) is 23.8 Å². The second kappa shape index (κ2) is 6.02. The zero-order chi connectivity index (χ0) is 11.1. The molecule has 0 heterocycles. The van der Waals surface area contributed by atoms with Crippen LogP contribution in [0.25, 0.3) is 0 Å². The predicted molar refractivity (Wildman–Crippen MR) is 59.0 cm³/mol. The smallest absolute Gasteiger partial charge is 0.159 e. The second-order valence-electron chi connectivity index (χ2n) is 2.54. The molecule has 14 heavy (non-hydrogen) atoms. The maximum atomic E-state index is 10.9. The molecule has 0 unspecified atom stereocenters. The van der Waals surface area contributed by atoms with E-state index in [0.717, 1.165) is 0 Å². The third-order valence-corrected chi connectivity index (χ3v) is 1.67. The van der Waals surface area contributed by atoms with Gasteiger partial charge < -0.3 is 10.4 Å². The van der Waals surface area contributed by atoms with Crippen LogP contribution in [0.4, 0.5) is 5.69 Å². The van der Waals surface area contributed by atoms with E-state index in [1.54, 1.807) is 19.2 Å². The summed E-state index contributed by atoms with van der Waals surface area (Å²) in [6.45, 7) is 5.49. The fourth-order valence-electron chi connectivity index (χ4n) is 0.955. The van der Waals surface area contributed by atoms with Crippen molar-refractivity contribution >= 4 is 11.5 Å². The Kier molecular flexibility index (Phi) is 5.37. The van der Waals surface area contributed by atoms with Crippen LogP contribution in [0.15, 0.2) is 18.2 Å². The molecule has 0 aromatic heterocycles. The van der Waals surface area contributed by atoms with Crippen LogP contribution >= 0.6 is 0 Å². The quantitative estimate of drug-likeness (QED) is 0.563. The molecule has 0 aliphatic carbocycles. The molecule has 1 aromatic rings. The lowest BCUT2D eigenvalue weighted by molar-refractivity contribution is 0.101. The van der Waals surface area contributed by atoms with Gasteiger partial charge in [0.25, 0.3) is 0 Å². The maximum Gasteiger partial charge on any atom is 0.159 e. The van der Waals surface area contributed by atoms with E-state index in [-0.39, 0.29) is 11.5 Å². The minimum atomic E-state index is -0.00787. The van der Waals surface area contributed by atoms with Crippen molar-refractivity contribution in [2.45, 2.75) is 20.8 Å². The Labute approximate surface area is 84.8 Å². The summed E-state index contributed by atoms with van der Waals surface area (Å²) in [5.41, 5.74) is 1.17. The van der Waals surface area contributed by atoms with Gasteiger partial charge in [0.1, 0.15) is 5.75 Å². The standard InChI is InChI=1S/C9H11NO2.C2H6/c1-6(11)7-3-4-9(12)8(5-7)10-2;1-2/h3-5,10,12H,1-2H3;1-2H3. The van der Waals surface area contributed by atoms with Crippen LogP contribution in [0, 0.1) is 0 Å². The molecule has 1 rings (SSSR count). The topological polar surface area (TPSA) is 49.3 Å². The van der Waals surface area contributed by atoms with Crippen LogP contribution in [0.1, 0.15) is 31.1 Å². The van der Waals surface area contributed by atoms with Gasteiger partial charge in [-0.25, -0.2) is 0 Å². The summed E-state index contributed by atoms with van der Waals surface area (Å²) in [5.74, 6) is 0.147. The molecule has 1 aromatic carbocycles. The number of anilines is 1. The highest BCUT2D eigenvalue weighted by atomic mass is 16.3. The molecule has 0 saturated carbocycles. The lowest BCUT2D eigenvalue weighted by Crippen LogP contribution is -1.95. The van der Waals surface area contributed by atoms with Crippen LogP contribution < -0.4 is 5.32 Å². The third-order valence-electron chi connectivity index (χ3n) is 1.67. The number of nitrogens with one attached hydrogen (secondary N) is 1. The average Bonchev–Trinajstić information content (AvgIpc) is 2.21. The minimum absolute atomic E-state index is 0.00787. The molecule has 2 N–H and O–H groups in total. The van der Waals surface area contributed by atoms with Crippen LogP contribution in [-0.4, -0.2) is 17.9 Å². The van der Waals surface area contributed by atoms with Crippen molar-refractivity contribution in [2.24, 2.45) is 0 Å². The lowest BCUT2D eigenvalue weighted by Gasteiger charge is -2.04. The Morgan fingerprint density at radius 1 is 1.36 bits per heavy atom. The molecular formula is C11H17NO2. The molecule has 0 spiro atoms. The molecule has 0 atom stereocenters. The molecule has 3 heteroatoms. The zero-order valence-corrected chi connectivity index (χ0v) is 9.09. The number of hydrogen-bond donors (Lipinski definition) is 2. The summed E-state index contributed by atoms with van der Waals surface area (Å²) in [7, 11) is 1.69. The molecule has 0 saturated heterocycles. The first-order valence-electron chi connectivity index (χ1n) is 4.67. The highest BCUT2D eigenvalue weighted by Gasteiger charge is 2.03. The summed E-state index contributed by atoms with van der Waals surface area (Å²) in [4.78, 5) is 10.9. The normalized spacial score (nSPS) is 8.57. The van der Waals surface area contributed by atoms with E-state index in [1.807, 2.05) is 13.8 Å². The Balaban J connectivity index is 0.000000791. The predicted octanol–water partition coefficient (Wildman–Crippen LogP) is 2.66. The number of aromatic hydroxyl groups is 1. The summed E-state index contributed by atoms with van der Waals surface area (Å²) >= 11 is 0. The SMILES string of the molecule is CC.CNc1cc(C(C)=O)ccc1O. The number of hydrogen-bond acceptors (Lipinski definition) is 3. The molecule has 0 radical (unpaired) electrons. The van der Waals surface area contributed by atoms with Crippen molar-refractivity contribution in [1.82, 2.24) is 0 Å². The van der Waals surface area contributed by atoms with Gasteiger partial charge in [0.2, 0.25) is 0 Å². The largest absolute Gasteiger partial charge is 0.506 e. The van der Waals surface area contributed by atoms with Gasteiger partial charge in [0.05, 0.1) is 5.69 Å². The van der Waals surface area contributed by atoms with Gasteiger partial charge in [0, 0.05) is 12.6 Å². The molecule has 0 aliphatic heterocycles. The first-order chi connectivity index (χ1) is 6.65. The molecule has 0 aliphatic rings. The highest BCUT2D eigenvalue weighted by molar-refractivity contribution is 5.95. The van der Waals surface area contributed by atoms with E-state index in [1.165, 1.54) is 13.0 Å². The van der Waals surface area contributed by atoms with E-state index < -0.39 is 0 Å². The number of phenolic OH excluding ortho intramolecular Hbond substituents is 1. The van der Waals surface area contributed by atoms with Crippen LogP contribution in [0.2, 0.25) is 0 Å². The maximum absolute atomic E-state index is 10.9. The van der Waals surface area contributed by atoms with Gasteiger partial charge in [-0.1, -0.05) is 13.8 Å². The number of benzene rings is 1. The van der Waals surface area contributed by atoms with Crippen LogP contribution in [0.3, 0.4) is 0 Å². The molecule has 0 amide bonds. The van der Waals surface area contributed by atoms with Crippen LogP contribution in [0.5, 0.6) is 5.75 Å². The number of rotatable bonds is 2. The number of ketones is 1. The van der Waals surface area contributed by atoms with E-state index >= 15 is 0 Å². The first kappa shape index (κ1) is 12.5. The van der Waals surface area contributed by atoms with E-state index in [9.17, 15) is 9.90 Å².